The number of methoxy groups -OCH3 is 1. The minimum Gasteiger partial charge on any atom is -0.497 e. The van der Waals surface area contributed by atoms with E-state index in [1.165, 1.54) is 31.5 Å². The standard InChI is InChI=1S/C17H28N2O/c1-13(2)19-10-8-16(9-11-19)18-14(3)15-6-5-7-17(12-15)20-4/h5-7,12-14,16,18H,8-11H2,1-4H3/t14-/m1/s1. The quantitative estimate of drug-likeness (QED) is 0.893. The summed E-state index contributed by atoms with van der Waals surface area (Å²) in [6.07, 6.45) is 2.49. The first-order valence-corrected chi connectivity index (χ1v) is 7.74. The van der Waals surface area contributed by atoms with Crippen molar-refractivity contribution >= 4 is 0 Å². The summed E-state index contributed by atoms with van der Waals surface area (Å²) >= 11 is 0. The van der Waals surface area contributed by atoms with Crippen LogP contribution in [-0.2, 0) is 0 Å². The van der Waals surface area contributed by atoms with Crippen molar-refractivity contribution in [2.75, 3.05) is 20.2 Å². The van der Waals surface area contributed by atoms with Gasteiger partial charge in [-0.25, -0.2) is 0 Å². The lowest BCUT2D eigenvalue weighted by atomic mass is 10.0. The average Bonchev–Trinajstić information content (AvgIpc) is 2.47. The lowest BCUT2D eigenvalue weighted by Crippen LogP contribution is -2.45. The van der Waals surface area contributed by atoms with Crippen LogP contribution in [0.5, 0.6) is 5.75 Å². The Morgan fingerprint density at radius 3 is 2.50 bits per heavy atom. The molecule has 20 heavy (non-hydrogen) atoms. The van der Waals surface area contributed by atoms with Crippen molar-refractivity contribution in [2.45, 2.75) is 51.7 Å². The molecule has 2 rings (SSSR count). The number of likely N-dealkylation sites (tertiary alicyclic amines) is 1. The van der Waals surface area contributed by atoms with Crippen molar-refractivity contribution in [3.63, 3.8) is 0 Å². The predicted molar refractivity (Wildman–Crippen MR) is 84.3 cm³/mol. The highest BCUT2D eigenvalue weighted by Gasteiger charge is 2.22. The maximum Gasteiger partial charge on any atom is 0.119 e. The second kappa shape index (κ2) is 7.09. The van der Waals surface area contributed by atoms with E-state index in [1.54, 1.807) is 7.11 Å². The summed E-state index contributed by atoms with van der Waals surface area (Å²) in [7, 11) is 1.72. The average molecular weight is 276 g/mol. The van der Waals surface area contributed by atoms with E-state index < -0.39 is 0 Å². The van der Waals surface area contributed by atoms with E-state index in [0.29, 0.717) is 18.1 Å². The number of hydrogen-bond acceptors (Lipinski definition) is 3. The van der Waals surface area contributed by atoms with E-state index in [-0.39, 0.29) is 0 Å². The van der Waals surface area contributed by atoms with Crippen LogP contribution in [0.4, 0.5) is 0 Å². The molecule has 3 heteroatoms. The molecule has 1 fully saturated rings. The molecule has 112 valence electrons. The van der Waals surface area contributed by atoms with Gasteiger partial charge in [-0.05, 0) is 64.4 Å². The lowest BCUT2D eigenvalue weighted by molar-refractivity contribution is 0.157. The summed E-state index contributed by atoms with van der Waals surface area (Å²) in [6.45, 7) is 9.23. The number of nitrogens with zero attached hydrogens (tertiary/aromatic N) is 1. The zero-order valence-electron chi connectivity index (χ0n) is 13.2. The van der Waals surface area contributed by atoms with Crippen LogP contribution >= 0.6 is 0 Å². The number of nitrogens with one attached hydrogen (secondary N) is 1. The molecule has 1 aliphatic heterocycles. The van der Waals surface area contributed by atoms with E-state index >= 15 is 0 Å². The van der Waals surface area contributed by atoms with Crippen LogP contribution in [0, 0.1) is 0 Å². The van der Waals surface area contributed by atoms with Gasteiger partial charge >= 0.3 is 0 Å². The lowest BCUT2D eigenvalue weighted by Gasteiger charge is -2.36. The van der Waals surface area contributed by atoms with Gasteiger partial charge in [0.1, 0.15) is 5.75 Å². The van der Waals surface area contributed by atoms with Crippen molar-refractivity contribution in [1.29, 1.82) is 0 Å². The van der Waals surface area contributed by atoms with Crippen molar-refractivity contribution in [3.05, 3.63) is 29.8 Å². The molecule has 0 radical (unpaired) electrons. The summed E-state index contributed by atoms with van der Waals surface area (Å²) in [5.74, 6) is 0.936. The summed E-state index contributed by atoms with van der Waals surface area (Å²) in [5.41, 5.74) is 1.30. The zero-order valence-corrected chi connectivity index (χ0v) is 13.2. The van der Waals surface area contributed by atoms with E-state index in [4.69, 9.17) is 4.74 Å². The minimum absolute atomic E-state index is 0.376. The van der Waals surface area contributed by atoms with Crippen molar-refractivity contribution in [2.24, 2.45) is 0 Å². The molecule has 1 N–H and O–H groups in total. The van der Waals surface area contributed by atoms with Crippen LogP contribution < -0.4 is 10.1 Å². The smallest absolute Gasteiger partial charge is 0.119 e. The normalized spacial score (nSPS) is 19.2. The highest BCUT2D eigenvalue weighted by Crippen LogP contribution is 2.21. The summed E-state index contributed by atoms with van der Waals surface area (Å²) in [5, 5.41) is 3.76. The van der Waals surface area contributed by atoms with E-state index in [2.05, 4.69) is 49.2 Å². The SMILES string of the molecule is COc1cccc([C@@H](C)NC2CCN(C(C)C)CC2)c1. The summed E-state index contributed by atoms with van der Waals surface area (Å²) in [6, 6.07) is 10.0. The molecular weight excluding hydrogens is 248 g/mol. The van der Waals surface area contributed by atoms with Gasteiger partial charge in [-0.3, -0.25) is 0 Å². The van der Waals surface area contributed by atoms with Crippen molar-refractivity contribution in [1.82, 2.24) is 10.2 Å². The Morgan fingerprint density at radius 1 is 1.20 bits per heavy atom. The maximum absolute atomic E-state index is 5.30. The van der Waals surface area contributed by atoms with Crippen LogP contribution in [0.15, 0.2) is 24.3 Å². The molecule has 1 aromatic rings. The Morgan fingerprint density at radius 2 is 1.90 bits per heavy atom. The van der Waals surface area contributed by atoms with Gasteiger partial charge in [-0.1, -0.05) is 12.1 Å². The van der Waals surface area contributed by atoms with E-state index in [1.807, 2.05) is 6.07 Å². The first-order chi connectivity index (χ1) is 9.60. The van der Waals surface area contributed by atoms with Gasteiger partial charge in [0.25, 0.3) is 0 Å². The Kier molecular flexibility index (Phi) is 5.44. The van der Waals surface area contributed by atoms with Gasteiger partial charge < -0.3 is 15.0 Å². The first kappa shape index (κ1) is 15.3. The van der Waals surface area contributed by atoms with Crippen molar-refractivity contribution in [3.8, 4) is 5.75 Å². The number of hydrogen-bond donors (Lipinski definition) is 1. The Labute approximate surface area is 123 Å². The van der Waals surface area contributed by atoms with Gasteiger partial charge in [0.2, 0.25) is 0 Å². The van der Waals surface area contributed by atoms with Gasteiger partial charge in [0.05, 0.1) is 7.11 Å². The summed E-state index contributed by atoms with van der Waals surface area (Å²) < 4.78 is 5.30. The number of ether oxygens (including phenoxy) is 1. The molecular formula is C17H28N2O. The topological polar surface area (TPSA) is 24.5 Å². The fourth-order valence-electron chi connectivity index (χ4n) is 2.94. The van der Waals surface area contributed by atoms with Crippen LogP contribution in [-0.4, -0.2) is 37.2 Å². The fourth-order valence-corrected chi connectivity index (χ4v) is 2.94. The predicted octanol–water partition coefficient (Wildman–Crippen LogP) is 3.22. The molecule has 0 spiro atoms. The third-order valence-corrected chi connectivity index (χ3v) is 4.34. The molecule has 0 aromatic heterocycles. The van der Waals surface area contributed by atoms with Gasteiger partial charge in [-0.2, -0.15) is 0 Å². The van der Waals surface area contributed by atoms with E-state index in [0.717, 1.165) is 5.75 Å². The first-order valence-electron chi connectivity index (χ1n) is 7.74. The minimum atomic E-state index is 0.376. The Bertz CT molecular complexity index is 411. The van der Waals surface area contributed by atoms with Gasteiger partial charge in [0, 0.05) is 18.1 Å². The highest BCUT2D eigenvalue weighted by atomic mass is 16.5. The highest BCUT2D eigenvalue weighted by molar-refractivity contribution is 5.30. The molecule has 1 aromatic carbocycles. The molecule has 0 saturated carbocycles. The Balaban J connectivity index is 1.87. The second-order valence-electron chi connectivity index (χ2n) is 6.07. The van der Waals surface area contributed by atoms with E-state index in [9.17, 15) is 0 Å². The Hall–Kier alpha value is -1.06. The van der Waals surface area contributed by atoms with Crippen LogP contribution in [0.3, 0.4) is 0 Å². The molecule has 0 bridgehead atoms. The third kappa shape index (κ3) is 3.97. The molecule has 1 aliphatic rings. The zero-order chi connectivity index (χ0) is 14.5. The molecule has 1 heterocycles. The van der Waals surface area contributed by atoms with Gasteiger partial charge in [0.15, 0.2) is 0 Å². The fraction of sp³-hybridized carbons (Fsp3) is 0.647. The third-order valence-electron chi connectivity index (χ3n) is 4.34. The second-order valence-corrected chi connectivity index (χ2v) is 6.07. The molecule has 0 unspecified atom stereocenters. The number of rotatable bonds is 5. The van der Waals surface area contributed by atoms with Crippen LogP contribution in [0.25, 0.3) is 0 Å². The maximum atomic E-state index is 5.30. The van der Waals surface area contributed by atoms with Gasteiger partial charge in [-0.15, -0.1) is 0 Å². The number of benzene rings is 1. The van der Waals surface area contributed by atoms with Crippen molar-refractivity contribution < 1.29 is 4.74 Å². The monoisotopic (exact) mass is 276 g/mol. The molecule has 1 atom stereocenters. The summed E-state index contributed by atoms with van der Waals surface area (Å²) in [4.78, 5) is 2.56. The van der Waals surface area contributed by atoms with Crippen LogP contribution in [0.1, 0.15) is 45.2 Å². The number of piperidine rings is 1. The molecule has 1 saturated heterocycles. The largest absolute Gasteiger partial charge is 0.497 e. The van der Waals surface area contributed by atoms with Crippen LogP contribution in [0.2, 0.25) is 0 Å². The molecule has 0 aliphatic carbocycles. The molecule has 3 nitrogen and oxygen atoms in total. The molecule has 0 amide bonds.